The minimum atomic E-state index is -0.0999. The van der Waals surface area contributed by atoms with Gasteiger partial charge in [0.05, 0.1) is 0 Å². The molecule has 0 aliphatic rings. The van der Waals surface area contributed by atoms with Crippen LogP contribution in [0.15, 0.2) is 18.2 Å². The van der Waals surface area contributed by atoms with E-state index < -0.39 is 0 Å². The summed E-state index contributed by atoms with van der Waals surface area (Å²) >= 11 is 0. The first-order chi connectivity index (χ1) is 10.0. The molecule has 1 N–H and O–H groups in total. The predicted octanol–water partition coefficient (Wildman–Crippen LogP) is 3.04. The summed E-state index contributed by atoms with van der Waals surface area (Å²) in [5.74, 6) is 1.13. The number of rotatable bonds is 9. The molecule has 0 bridgehead atoms. The van der Waals surface area contributed by atoms with Crippen molar-refractivity contribution in [2.45, 2.75) is 40.0 Å². The lowest BCUT2D eigenvalue weighted by Crippen LogP contribution is -2.30. The summed E-state index contributed by atoms with van der Waals surface area (Å²) in [6.45, 7) is 10.4. The highest BCUT2D eigenvalue weighted by atomic mass is 16.5. The van der Waals surface area contributed by atoms with Crippen LogP contribution in [-0.4, -0.2) is 32.3 Å². The van der Waals surface area contributed by atoms with Crippen molar-refractivity contribution in [2.24, 2.45) is 0 Å². The molecule has 0 unspecified atom stereocenters. The summed E-state index contributed by atoms with van der Waals surface area (Å²) in [6.07, 6.45) is 0.821. The van der Waals surface area contributed by atoms with E-state index in [1.54, 1.807) is 0 Å². The molecule has 0 aromatic heterocycles. The Hall–Kier alpha value is -1.55. The maximum Gasteiger partial charge on any atom is 0.257 e. The van der Waals surface area contributed by atoms with Crippen molar-refractivity contribution in [1.29, 1.82) is 0 Å². The summed E-state index contributed by atoms with van der Waals surface area (Å²) in [4.78, 5) is 11.6. The highest BCUT2D eigenvalue weighted by Crippen LogP contribution is 2.23. The molecule has 0 aliphatic carbocycles. The Labute approximate surface area is 127 Å². The van der Waals surface area contributed by atoms with Gasteiger partial charge in [0.15, 0.2) is 6.61 Å². The van der Waals surface area contributed by atoms with E-state index in [0.29, 0.717) is 25.7 Å². The van der Waals surface area contributed by atoms with E-state index in [2.05, 4.69) is 32.2 Å². The van der Waals surface area contributed by atoms with Crippen molar-refractivity contribution < 1.29 is 14.3 Å². The average Bonchev–Trinajstić information content (AvgIpc) is 2.44. The Morgan fingerprint density at radius 3 is 2.71 bits per heavy atom. The molecule has 0 fully saturated rings. The minimum Gasteiger partial charge on any atom is -0.484 e. The molecule has 0 saturated heterocycles. The van der Waals surface area contributed by atoms with Gasteiger partial charge >= 0.3 is 0 Å². The minimum absolute atomic E-state index is 0.0507. The van der Waals surface area contributed by atoms with E-state index in [1.807, 2.05) is 19.1 Å². The molecule has 0 atom stereocenters. The number of benzene rings is 1. The maximum atomic E-state index is 11.6. The van der Waals surface area contributed by atoms with Gasteiger partial charge in [-0.05, 0) is 49.4 Å². The number of carbonyl (C=O) groups is 1. The lowest BCUT2D eigenvalue weighted by molar-refractivity contribution is -0.123. The molecular formula is C17H27NO3. The SMILES string of the molecule is CCOCCCNC(=O)COc1ccc(C(C)C)c(C)c1. The van der Waals surface area contributed by atoms with Crippen molar-refractivity contribution in [2.75, 3.05) is 26.4 Å². The van der Waals surface area contributed by atoms with Gasteiger partial charge in [0.1, 0.15) is 5.75 Å². The summed E-state index contributed by atoms with van der Waals surface area (Å²) in [5.41, 5.74) is 2.50. The Morgan fingerprint density at radius 1 is 1.33 bits per heavy atom. The molecule has 0 spiro atoms. The number of carbonyl (C=O) groups excluding carboxylic acids is 1. The molecule has 4 heteroatoms. The van der Waals surface area contributed by atoms with Gasteiger partial charge in [-0.2, -0.15) is 0 Å². The number of nitrogens with one attached hydrogen (secondary N) is 1. The van der Waals surface area contributed by atoms with Crippen molar-refractivity contribution in [3.05, 3.63) is 29.3 Å². The second-order valence-corrected chi connectivity index (χ2v) is 5.36. The Morgan fingerprint density at radius 2 is 2.10 bits per heavy atom. The summed E-state index contributed by atoms with van der Waals surface area (Å²) in [5, 5.41) is 2.81. The molecule has 1 amide bonds. The summed E-state index contributed by atoms with van der Waals surface area (Å²) in [7, 11) is 0. The molecule has 21 heavy (non-hydrogen) atoms. The first kappa shape index (κ1) is 17.5. The zero-order valence-corrected chi connectivity index (χ0v) is 13.6. The van der Waals surface area contributed by atoms with E-state index in [9.17, 15) is 4.79 Å². The van der Waals surface area contributed by atoms with Crippen molar-refractivity contribution in [1.82, 2.24) is 5.32 Å². The Bertz CT molecular complexity index is 444. The maximum absolute atomic E-state index is 11.6. The van der Waals surface area contributed by atoms with Gasteiger partial charge in [-0.15, -0.1) is 0 Å². The zero-order chi connectivity index (χ0) is 15.7. The molecule has 4 nitrogen and oxygen atoms in total. The molecule has 1 aromatic rings. The quantitative estimate of drug-likeness (QED) is 0.712. The number of hydrogen-bond donors (Lipinski definition) is 1. The van der Waals surface area contributed by atoms with Crippen LogP contribution in [0, 0.1) is 6.92 Å². The van der Waals surface area contributed by atoms with Gasteiger partial charge in [-0.25, -0.2) is 0 Å². The number of hydrogen-bond acceptors (Lipinski definition) is 3. The number of ether oxygens (including phenoxy) is 2. The highest BCUT2D eigenvalue weighted by molar-refractivity contribution is 5.77. The molecule has 0 saturated carbocycles. The van der Waals surface area contributed by atoms with Gasteiger partial charge in [0, 0.05) is 19.8 Å². The van der Waals surface area contributed by atoms with Gasteiger partial charge in [0.25, 0.3) is 5.91 Å². The fraction of sp³-hybridized carbons (Fsp3) is 0.588. The molecular weight excluding hydrogens is 266 g/mol. The third-order valence-electron chi connectivity index (χ3n) is 3.22. The summed E-state index contributed by atoms with van der Waals surface area (Å²) in [6, 6.07) is 5.97. The van der Waals surface area contributed by atoms with Crippen LogP contribution in [-0.2, 0) is 9.53 Å². The zero-order valence-electron chi connectivity index (χ0n) is 13.6. The van der Waals surface area contributed by atoms with Crippen LogP contribution in [0.4, 0.5) is 0 Å². The van der Waals surface area contributed by atoms with E-state index in [1.165, 1.54) is 11.1 Å². The fourth-order valence-corrected chi connectivity index (χ4v) is 2.13. The van der Waals surface area contributed by atoms with Gasteiger partial charge in [0.2, 0.25) is 0 Å². The van der Waals surface area contributed by atoms with Crippen LogP contribution in [0.5, 0.6) is 5.75 Å². The van der Waals surface area contributed by atoms with Crippen molar-refractivity contribution in [3.8, 4) is 5.75 Å². The van der Waals surface area contributed by atoms with Gasteiger partial charge in [-0.1, -0.05) is 19.9 Å². The Balaban J connectivity index is 2.31. The molecule has 0 heterocycles. The van der Waals surface area contributed by atoms with Crippen LogP contribution < -0.4 is 10.1 Å². The molecule has 0 aliphatic heterocycles. The van der Waals surface area contributed by atoms with Crippen LogP contribution >= 0.6 is 0 Å². The standard InChI is InChI=1S/C17H27NO3/c1-5-20-10-6-9-18-17(19)12-21-15-7-8-16(13(2)3)14(4)11-15/h7-8,11,13H,5-6,9-10,12H2,1-4H3,(H,18,19). The number of aryl methyl sites for hydroxylation is 1. The average molecular weight is 293 g/mol. The first-order valence-electron chi connectivity index (χ1n) is 7.62. The van der Waals surface area contributed by atoms with Crippen LogP contribution in [0.3, 0.4) is 0 Å². The molecule has 1 rings (SSSR count). The van der Waals surface area contributed by atoms with E-state index in [4.69, 9.17) is 9.47 Å². The third kappa shape index (κ3) is 6.63. The molecule has 0 radical (unpaired) electrons. The largest absolute Gasteiger partial charge is 0.484 e. The summed E-state index contributed by atoms with van der Waals surface area (Å²) < 4.78 is 10.7. The van der Waals surface area contributed by atoms with E-state index >= 15 is 0 Å². The Kier molecular flexibility index (Phi) is 7.83. The third-order valence-corrected chi connectivity index (χ3v) is 3.22. The van der Waals surface area contributed by atoms with E-state index in [0.717, 1.165) is 12.2 Å². The van der Waals surface area contributed by atoms with Crippen LogP contribution in [0.25, 0.3) is 0 Å². The highest BCUT2D eigenvalue weighted by Gasteiger charge is 2.06. The topological polar surface area (TPSA) is 47.6 Å². The van der Waals surface area contributed by atoms with Crippen molar-refractivity contribution in [3.63, 3.8) is 0 Å². The van der Waals surface area contributed by atoms with Crippen LogP contribution in [0.2, 0.25) is 0 Å². The molecule has 118 valence electrons. The first-order valence-corrected chi connectivity index (χ1v) is 7.62. The second-order valence-electron chi connectivity index (χ2n) is 5.36. The van der Waals surface area contributed by atoms with Crippen LogP contribution in [0.1, 0.15) is 44.2 Å². The predicted molar refractivity (Wildman–Crippen MR) is 84.9 cm³/mol. The lowest BCUT2D eigenvalue weighted by atomic mass is 9.98. The fourth-order valence-electron chi connectivity index (χ4n) is 2.13. The van der Waals surface area contributed by atoms with E-state index in [-0.39, 0.29) is 12.5 Å². The monoisotopic (exact) mass is 293 g/mol. The number of amides is 1. The van der Waals surface area contributed by atoms with Crippen molar-refractivity contribution >= 4 is 5.91 Å². The van der Waals surface area contributed by atoms with Gasteiger partial charge < -0.3 is 14.8 Å². The normalized spacial score (nSPS) is 10.7. The van der Waals surface area contributed by atoms with Gasteiger partial charge in [-0.3, -0.25) is 4.79 Å². The lowest BCUT2D eigenvalue weighted by Gasteiger charge is -2.12. The second kappa shape index (κ2) is 9.40. The smallest absolute Gasteiger partial charge is 0.257 e. The molecule has 1 aromatic carbocycles.